The number of aryl methyl sites for hydroxylation is 2. The van der Waals surface area contributed by atoms with Crippen molar-refractivity contribution in [2.24, 2.45) is 5.92 Å². The first-order valence-electron chi connectivity index (χ1n) is 8.59. The molecule has 1 heterocycles. The second-order valence-electron chi connectivity index (χ2n) is 6.71. The Hall–Kier alpha value is -2.14. The lowest BCUT2D eigenvalue weighted by atomic mass is 10.1. The Morgan fingerprint density at radius 1 is 1.08 bits per heavy atom. The minimum Gasteiger partial charge on any atom is -0.326 e. The molecular formula is C20H19BrN2O2. The summed E-state index contributed by atoms with van der Waals surface area (Å²) in [4.78, 5) is 26.6. The zero-order valence-corrected chi connectivity index (χ0v) is 15.4. The van der Waals surface area contributed by atoms with E-state index in [-0.39, 0.29) is 24.2 Å². The van der Waals surface area contributed by atoms with Crippen LogP contribution in [0.1, 0.15) is 24.0 Å². The number of nitrogens with zero attached hydrogens (tertiary/aromatic N) is 1. The van der Waals surface area contributed by atoms with Gasteiger partial charge in [0.15, 0.2) is 0 Å². The Bertz CT molecular complexity index is 832. The Balaban J connectivity index is 1.44. The Kier molecular flexibility index (Phi) is 4.34. The summed E-state index contributed by atoms with van der Waals surface area (Å²) in [6.07, 6.45) is 3.65. The molecule has 128 valence electrons. The minimum atomic E-state index is -0.315. The lowest BCUT2D eigenvalue weighted by Crippen LogP contribution is -2.28. The molecule has 5 heteroatoms. The van der Waals surface area contributed by atoms with Gasteiger partial charge in [-0.1, -0.05) is 22.0 Å². The van der Waals surface area contributed by atoms with Gasteiger partial charge in [-0.05, 0) is 66.8 Å². The molecule has 0 aromatic heterocycles. The van der Waals surface area contributed by atoms with E-state index in [9.17, 15) is 9.59 Å². The van der Waals surface area contributed by atoms with Crippen LogP contribution in [0.25, 0.3) is 0 Å². The first-order valence-corrected chi connectivity index (χ1v) is 9.38. The lowest BCUT2D eigenvalue weighted by molar-refractivity contribution is -0.122. The topological polar surface area (TPSA) is 49.4 Å². The van der Waals surface area contributed by atoms with E-state index in [4.69, 9.17) is 0 Å². The van der Waals surface area contributed by atoms with E-state index in [0.717, 1.165) is 28.7 Å². The van der Waals surface area contributed by atoms with Crippen LogP contribution in [0.5, 0.6) is 0 Å². The molecule has 1 saturated heterocycles. The smallest absolute Gasteiger partial charge is 0.229 e. The highest BCUT2D eigenvalue weighted by atomic mass is 79.9. The van der Waals surface area contributed by atoms with Crippen molar-refractivity contribution in [1.29, 1.82) is 0 Å². The second kappa shape index (κ2) is 6.64. The molecule has 2 aromatic rings. The molecule has 2 aromatic carbocycles. The number of hydrogen-bond acceptors (Lipinski definition) is 2. The minimum absolute atomic E-state index is 0.00331. The number of rotatable bonds is 3. The van der Waals surface area contributed by atoms with E-state index in [1.54, 1.807) is 4.90 Å². The highest BCUT2D eigenvalue weighted by molar-refractivity contribution is 9.10. The van der Waals surface area contributed by atoms with Crippen LogP contribution in [-0.2, 0) is 22.4 Å². The number of carbonyl (C=O) groups excluding carboxylic acids is 2. The number of fused-ring (bicyclic) bond motifs is 1. The average molecular weight is 399 g/mol. The van der Waals surface area contributed by atoms with Gasteiger partial charge in [0.2, 0.25) is 11.8 Å². The van der Waals surface area contributed by atoms with Crippen LogP contribution in [0.3, 0.4) is 0 Å². The molecule has 0 radical (unpaired) electrons. The van der Waals surface area contributed by atoms with Crippen LogP contribution >= 0.6 is 15.9 Å². The monoisotopic (exact) mass is 398 g/mol. The maximum Gasteiger partial charge on any atom is 0.229 e. The molecule has 0 unspecified atom stereocenters. The summed E-state index contributed by atoms with van der Waals surface area (Å²) < 4.78 is 0.966. The number of benzene rings is 2. The van der Waals surface area contributed by atoms with Gasteiger partial charge in [0.25, 0.3) is 0 Å². The highest BCUT2D eigenvalue weighted by Crippen LogP contribution is 2.28. The molecule has 1 aliphatic heterocycles. The van der Waals surface area contributed by atoms with Gasteiger partial charge in [-0.2, -0.15) is 0 Å². The quantitative estimate of drug-likeness (QED) is 0.851. The summed E-state index contributed by atoms with van der Waals surface area (Å²) in [6.45, 7) is 0.428. The maximum absolute atomic E-state index is 12.6. The summed E-state index contributed by atoms with van der Waals surface area (Å²) in [7, 11) is 0. The van der Waals surface area contributed by atoms with Crippen LogP contribution in [0, 0.1) is 5.92 Å². The Morgan fingerprint density at radius 2 is 1.84 bits per heavy atom. The first kappa shape index (κ1) is 16.3. The van der Waals surface area contributed by atoms with Gasteiger partial charge in [0, 0.05) is 28.8 Å². The SMILES string of the molecule is O=C(Nc1ccc2c(c1)CCC2)[C@@H]1CC(=O)N(c2ccc(Br)cc2)C1. The van der Waals surface area contributed by atoms with Crippen molar-refractivity contribution < 1.29 is 9.59 Å². The second-order valence-corrected chi connectivity index (χ2v) is 7.62. The molecule has 25 heavy (non-hydrogen) atoms. The molecular weight excluding hydrogens is 380 g/mol. The molecule has 1 atom stereocenters. The summed E-state index contributed by atoms with van der Waals surface area (Å²) in [6, 6.07) is 13.7. The van der Waals surface area contributed by atoms with Gasteiger partial charge in [-0.3, -0.25) is 9.59 Å². The van der Waals surface area contributed by atoms with Crippen molar-refractivity contribution in [3.8, 4) is 0 Å². The van der Waals surface area contributed by atoms with E-state index in [1.165, 1.54) is 17.5 Å². The fourth-order valence-electron chi connectivity index (χ4n) is 3.65. The molecule has 4 rings (SSSR count). The Labute approximate surface area is 155 Å². The molecule has 0 bridgehead atoms. The number of nitrogens with one attached hydrogen (secondary N) is 1. The van der Waals surface area contributed by atoms with Gasteiger partial charge in [-0.15, -0.1) is 0 Å². The van der Waals surface area contributed by atoms with Crippen LogP contribution in [0.15, 0.2) is 46.9 Å². The number of halogens is 1. The highest BCUT2D eigenvalue weighted by Gasteiger charge is 2.35. The van der Waals surface area contributed by atoms with Gasteiger partial charge in [0.05, 0.1) is 5.92 Å². The normalized spacial score (nSPS) is 19.2. The molecule has 2 amide bonds. The molecule has 0 saturated carbocycles. The number of hydrogen-bond donors (Lipinski definition) is 1. The van der Waals surface area contributed by atoms with Crippen molar-refractivity contribution in [2.45, 2.75) is 25.7 Å². The molecule has 2 aliphatic rings. The molecule has 4 nitrogen and oxygen atoms in total. The van der Waals surface area contributed by atoms with Gasteiger partial charge < -0.3 is 10.2 Å². The van der Waals surface area contributed by atoms with E-state index >= 15 is 0 Å². The van der Waals surface area contributed by atoms with E-state index in [2.05, 4.69) is 33.4 Å². The zero-order chi connectivity index (χ0) is 17.4. The van der Waals surface area contributed by atoms with Gasteiger partial charge in [0.1, 0.15) is 0 Å². The molecule has 1 aliphatic carbocycles. The third kappa shape index (κ3) is 3.33. The molecule has 1 fully saturated rings. The maximum atomic E-state index is 12.6. The van der Waals surface area contributed by atoms with Crippen molar-refractivity contribution in [1.82, 2.24) is 0 Å². The van der Waals surface area contributed by atoms with Crippen LogP contribution in [0.4, 0.5) is 11.4 Å². The third-order valence-electron chi connectivity index (χ3n) is 5.00. The van der Waals surface area contributed by atoms with Gasteiger partial charge >= 0.3 is 0 Å². The van der Waals surface area contributed by atoms with E-state index in [0.29, 0.717) is 6.54 Å². The number of anilines is 2. The summed E-state index contributed by atoms with van der Waals surface area (Å²) in [5.74, 6) is -0.397. The van der Waals surface area contributed by atoms with Crippen molar-refractivity contribution in [2.75, 3.05) is 16.8 Å². The molecule has 1 N–H and O–H groups in total. The van der Waals surface area contributed by atoms with Crippen molar-refractivity contribution in [3.05, 3.63) is 58.1 Å². The zero-order valence-electron chi connectivity index (χ0n) is 13.8. The fourth-order valence-corrected chi connectivity index (χ4v) is 3.91. The van der Waals surface area contributed by atoms with Crippen molar-refractivity contribution >= 4 is 39.1 Å². The van der Waals surface area contributed by atoms with Crippen LogP contribution in [-0.4, -0.2) is 18.4 Å². The lowest BCUT2D eigenvalue weighted by Gasteiger charge is -2.17. The Morgan fingerprint density at radius 3 is 2.64 bits per heavy atom. The van der Waals surface area contributed by atoms with Crippen molar-refractivity contribution in [3.63, 3.8) is 0 Å². The van der Waals surface area contributed by atoms with Gasteiger partial charge in [-0.25, -0.2) is 0 Å². The van der Waals surface area contributed by atoms with E-state index in [1.807, 2.05) is 30.3 Å². The summed E-state index contributed by atoms with van der Waals surface area (Å²) >= 11 is 3.39. The summed E-state index contributed by atoms with van der Waals surface area (Å²) in [5.41, 5.74) is 4.38. The third-order valence-corrected chi connectivity index (χ3v) is 5.53. The molecule has 0 spiro atoms. The summed E-state index contributed by atoms with van der Waals surface area (Å²) in [5, 5.41) is 2.99. The van der Waals surface area contributed by atoms with Crippen LogP contribution < -0.4 is 10.2 Å². The van der Waals surface area contributed by atoms with E-state index < -0.39 is 0 Å². The standard InChI is InChI=1S/C20H19BrN2O2/c21-16-5-8-18(9-6-16)23-12-15(11-19(23)24)20(25)22-17-7-4-13-2-1-3-14(13)10-17/h4-10,15H,1-3,11-12H2,(H,22,25)/t15-/m1/s1. The predicted molar refractivity (Wildman–Crippen MR) is 102 cm³/mol. The first-order chi connectivity index (χ1) is 12.1. The fraction of sp³-hybridized carbons (Fsp3) is 0.300. The predicted octanol–water partition coefficient (Wildman–Crippen LogP) is 3.93. The average Bonchev–Trinajstić information content (AvgIpc) is 3.22. The number of carbonyl (C=O) groups is 2. The number of amides is 2. The largest absolute Gasteiger partial charge is 0.326 e. The van der Waals surface area contributed by atoms with Crippen LogP contribution in [0.2, 0.25) is 0 Å².